The van der Waals surface area contributed by atoms with Gasteiger partial charge >= 0.3 is 0 Å². The van der Waals surface area contributed by atoms with E-state index >= 15 is 0 Å². The highest BCUT2D eigenvalue weighted by Gasteiger charge is 2.29. The lowest BCUT2D eigenvalue weighted by Crippen LogP contribution is -2.23. The van der Waals surface area contributed by atoms with E-state index in [9.17, 15) is 18.4 Å². The summed E-state index contributed by atoms with van der Waals surface area (Å²) in [6, 6.07) is 6.34. The zero-order chi connectivity index (χ0) is 20.9. The van der Waals surface area contributed by atoms with Crippen LogP contribution in [0.2, 0.25) is 0 Å². The van der Waals surface area contributed by atoms with E-state index in [1.54, 1.807) is 18.2 Å². The molecule has 2 N–H and O–H groups in total. The van der Waals surface area contributed by atoms with Gasteiger partial charge in [-0.2, -0.15) is 0 Å². The lowest BCUT2D eigenvalue weighted by Gasteiger charge is -2.11. The van der Waals surface area contributed by atoms with Crippen LogP contribution in [0.5, 0.6) is 5.88 Å². The Morgan fingerprint density at radius 2 is 2.03 bits per heavy atom. The van der Waals surface area contributed by atoms with Crippen LogP contribution in [0.1, 0.15) is 42.1 Å². The Bertz CT molecular complexity index is 865. The number of rotatable bonds is 9. The topological polar surface area (TPSA) is 93.2 Å². The molecule has 1 fully saturated rings. The maximum Gasteiger partial charge on any atom is 0.251 e. The summed E-state index contributed by atoms with van der Waals surface area (Å²) in [5.74, 6) is -2.54. The van der Waals surface area contributed by atoms with Crippen molar-refractivity contribution in [3.8, 4) is 5.88 Å². The number of hydrogen-bond acceptors (Lipinski definition) is 5. The van der Waals surface area contributed by atoms with Crippen LogP contribution in [0.4, 0.5) is 14.6 Å². The number of hydrogen-bond donors (Lipinski definition) is 2. The summed E-state index contributed by atoms with van der Waals surface area (Å²) >= 11 is 0. The third-order valence-corrected chi connectivity index (χ3v) is 4.26. The monoisotopic (exact) mass is 404 g/mol. The fraction of sp³-hybridized carbons (Fsp3) is 0.400. The van der Waals surface area contributed by atoms with Gasteiger partial charge < -0.3 is 15.4 Å². The minimum absolute atomic E-state index is 0.0483. The molecule has 0 unspecified atom stereocenters. The number of aromatic nitrogens is 2. The maximum atomic E-state index is 12.8. The van der Waals surface area contributed by atoms with Crippen molar-refractivity contribution < 1.29 is 23.1 Å². The molecule has 0 aromatic carbocycles. The Morgan fingerprint density at radius 1 is 1.24 bits per heavy atom. The predicted octanol–water partition coefficient (Wildman–Crippen LogP) is 3.18. The van der Waals surface area contributed by atoms with Crippen LogP contribution in [0.15, 0.2) is 36.7 Å². The fourth-order valence-corrected chi connectivity index (χ4v) is 2.43. The van der Waals surface area contributed by atoms with E-state index in [-0.39, 0.29) is 43.2 Å². The van der Waals surface area contributed by atoms with Crippen molar-refractivity contribution in [2.75, 3.05) is 11.9 Å². The average molecular weight is 404 g/mol. The van der Waals surface area contributed by atoms with E-state index in [4.69, 9.17) is 4.74 Å². The van der Waals surface area contributed by atoms with Crippen molar-refractivity contribution in [3.63, 3.8) is 0 Å². The van der Waals surface area contributed by atoms with Gasteiger partial charge in [0.1, 0.15) is 5.82 Å². The molecule has 9 heteroatoms. The highest BCUT2D eigenvalue weighted by atomic mass is 19.3. The lowest BCUT2D eigenvalue weighted by atomic mass is 10.2. The molecule has 1 aliphatic rings. The Balaban J connectivity index is 1.48. The van der Waals surface area contributed by atoms with Gasteiger partial charge in [0, 0.05) is 42.9 Å². The van der Waals surface area contributed by atoms with Gasteiger partial charge in [0.05, 0.1) is 6.61 Å². The Labute approximate surface area is 166 Å². The molecule has 1 aliphatic carbocycles. The Hall–Kier alpha value is -3.10. The smallest absolute Gasteiger partial charge is 0.251 e. The summed E-state index contributed by atoms with van der Waals surface area (Å²) in [5.41, 5.74) is 1.10. The SMILES string of the molecule is CC(F)(F)CCOc1ccc(CNC(=O)c2ccnc(NC(=O)C3CC3)c2)cn1. The molecule has 2 aromatic heterocycles. The normalized spacial score (nSPS) is 13.6. The van der Waals surface area contributed by atoms with Gasteiger partial charge in [-0.25, -0.2) is 18.7 Å². The number of carbonyl (C=O) groups is 2. The number of halogens is 2. The molecule has 2 aromatic rings. The molecule has 1 saturated carbocycles. The van der Waals surface area contributed by atoms with Gasteiger partial charge in [-0.1, -0.05) is 6.07 Å². The van der Waals surface area contributed by atoms with Crippen molar-refractivity contribution in [3.05, 3.63) is 47.8 Å². The summed E-state index contributed by atoms with van der Waals surface area (Å²) < 4.78 is 30.7. The molecule has 0 radical (unpaired) electrons. The van der Waals surface area contributed by atoms with Crippen molar-refractivity contribution in [2.24, 2.45) is 5.92 Å². The van der Waals surface area contributed by atoms with Crippen LogP contribution in [-0.2, 0) is 11.3 Å². The van der Waals surface area contributed by atoms with Crippen molar-refractivity contribution in [2.45, 2.75) is 38.7 Å². The third-order valence-electron chi connectivity index (χ3n) is 4.26. The number of alkyl halides is 2. The van der Waals surface area contributed by atoms with E-state index in [1.165, 1.54) is 18.5 Å². The Morgan fingerprint density at radius 3 is 2.69 bits per heavy atom. The molecule has 2 amide bonds. The quantitative estimate of drug-likeness (QED) is 0.670. The number of carbonyl (C=O) groups excluding carboxylic acids is 2. The van der Waals surface area contributed by atoms with E-state index in [2.05, 4.69) is 20.6 Å². The minimum atomic E-state index is -2.78. The molecule has 154 valence electrons. The second-order valence-corrected chi connectivity index (χ2v) is 7.05. The highest BCUT2D eigenvalue weighted by molar-refractivity contribution is 5.97. The van der Waals surface area contributed by atoms with Gasteiger partial charge in [-0.15, -0.1) is 0 Å². The molecule has 0 saturated heterocycles. The number of anilines is 1. The summed E-state index contributed by atoms with van der Waals surface area (Å²) in [5, 5.41) is 5.46. The Kier molecular flexibility index (Phi) is 6.36. The lowest BCUT2D eigenvalue weighted by molar-refractivity contribution is -0.117. The first kappa shape index (κ1) is 20.6. The zero-order valence-corrected chi connectivity index (χ0v) is 16.0. The van der Waals surface area contributed by atoms with Crippen LogP contribution in [-0.4, -0.2) is 34.3 Å². The first-order valence-electron chi connectivity index (χ1n) is 9.31. The third kappa shape index (κ3) is 6.78. The molecule has 3 rings (SSSR count). The fourth-order valence-electron chi connectivity index (χ4n) is 2.43. The second kappa shape index (κ2) is 8.93. The molecule has 29 heavy (non-hydrogen) atoms. The largest absolute Gasteiger partial charge is 0.477 e. The molecular formula is C20H22F2N4O3. The van der Waals surface area contributed by atoms with Crippen LogP contribution in [0.3, 0.4) is 0 Å². The predicted molar refractivity (Wildman–Crippen MR) is 102 cm³/mol. The number of amides is 2. The molecular weight excluding hydrogens is 382 g/mol. The maximum absolute atomic E-state index is 12.8. The second-order valence-electron chi connectivity index (χ2n) is 7.05. The van der Waals surface area contributed by atoms with Crippen LogP contribution < -0.4 is 15.4 Å². The molecule has 2 heterocycles. The molecule has 0 spiro atoms. The first-order valence-corrected chi connectivity index (χ1v) is 9.31. The molecule has 0 bridgehead atoms. The first-order chi connectivity index (χ1) is 13.8. The van der Waals surface area contributed by atoms with E-state index in [0.29, 0.717) is 11.4 Å². The number of ether oxygens (including phenoxy) is 1. The standard InChI is InChI=1S/C20H22F2N4O3/c1-20(21,22)7-9-29-17-5-2-13(11-24-17)12-25-18(27)15-6-8-23-16(10-15)26-19(28)14-3-4-14/h2,5-6,8,10-11,14H,3-4,7,9,12H2,1H3,(H,25,27)(H,23,26,28). The number of nitrogens with one attached hydrogen (secondary N) is 2. The molecule has 0 aliphatic heterocycles. The zero-order valence-electron chi connectivity index (χ0n) is 16.0. The molecule has 0 atom stereocenters. The van der Waals surface area contributed by atoms with Gasteiger partial charge in [0.2, 0.25) is 17.7 Å². The van der Waals surface area contributed by atoms with Crippen LogP contribution >= 0.6 is 0 Å². The average Bonchev–Trinajstić information content (AvgIpc) is 3.52. The molecule has 7 nitrogen and oxygen atoms in total. The van der Waals surface area contributed by atoms with Gasteiger partial charge in [-0.05, 0) is 37.5 Å². The van der Waals surface area contributed by atoms with Gasteiger partial charge in [-0.3, -0.25) is 9.59 Å². The number of pyridine rings is 2. The van der Waals surface area contributed by atoms with Crippen molar-refractivity contribution in [1.82, 2.24) is 15.3 Å². The van der Waals surface area contributed by atoms with Gasteiger partial charge in [0.25, 0.3) is 5.91 Å². The van der Waals surface area contributed by atoms with E-state index in [0.717, 1.165) is 25.3 Å². The van der Waals surface area contributed by atoms with Crippen LogP contribution in [0, 0.1) is 5.92 Å². The van der Waals surface area contributed by atoms with E-state index in [1.807, 2.05) is 0 Å². The van der Waals surface area contributed by atoms with Crippen molar-refractivity contribution >= 4 is 17.6 Å². The van der Waals surface area contributed by atoms with Gasteiger partial charge in [0.15, 0.2) is 0 Å². The minimum Gasteiger partial charge on any atom is -0.477 e. The summed E-state index contributed by atoms with van der Waals surface area (Å²) in [6.45, 7) is 0.932. The summed E-state index contributed by atoms with van der Waals surface area (Å²) in [7, 11) is 0. The van der Waals surface area contributed by atoms with Crippen LogP contribution in [0.25, 0.3) is 0 Å². The highest BCUT2D eigenvalue weighted by Crippen LogP contribution is 2.30. The summed E-state index contributed by atoms with van der Waals surface area (Å²) in [4.78, 5) is 32.2. The number of nitrogens with zero attached hydrogens (tertiary/aromatic N) is 2. The van der Waals surface area contributed by atoms with Crippen molar-refractivity contribution in [1.29, 1.82) is 0 Å². The summed E-state index contributed by atoms with van der Waals surface area (Å²) in [6.07, 6.45) is 4.35. The van der Waals surface area contributed by atoms with E-state index < -0.39 is 5.92 Å².